The SMILES string of the molecule is FCCN1CCCC(C2CCCN2)C1. The highest BCUT2D eigenvalue weighted by Crippen LogP contribution is 2.24. The van der Waals surface area contributed by atoms with Gasteiger partial charge in [-0.3, -0.25) is 0 Å². The predicted molar refractivity (Wildman–Crippen MR) is 56.2 cm³/mol. The lowest BCUT2D eigenvalue weighted by Gasteiger charge is -2.35. The van der Waals surface area contributed by atoms with Gasteiger partial charge in [-0.1, -0.05) is 0 Å². The average Bonchev–Trinajstić information content (AvgIpc) is 2.71. The maximum atomic E-state index is 12.2. The van der Waals surface area contributed by atoms with Gasteiger partial charge in [0.25, 0.3) is 0 Å². The Morgan fingerprint density at radius 3 is 2.93 bits per heavy atom. The summed E-state index contributed by atoms with van der Waals surface area (Å²) >= 11 is 0. The summed E-state index contributed by atoms with van der Waals surface area (Å²) in [6, 6.07) is 0.720. The number of hydrogen-bond acceptors (Lipinski definition) is 2. The van der Waals surface area contributed by atoms with Gasteiger partial charge in [0.15, 0.2) is 0 Å². The van der Waals surface area contributed by atoms with Crippen molar-refractivity contribution in [1.29, 1.82) is 0 Å². The van der Waals surface area contributed by atoms with E-state index in [1.165, 1.54) is 32.2 Å². The molecule has 2 fully saturated rings. The molecule has 0 spiro atoms. The number of halogens is 1. The minimum absolute atomic E-state index is 0.190. The molecule has 2 heterocycles. The lowest BCUT2D eigenvalue weighted by atomic mass is 9.90. The quantitative estimate of drug-likeness (QED) is 0.741. The van der Waals surface area contributed by atoms with Crippen molar-refractivity contribution < 1.29 is 4.39 Å². The van der Waals surface area contributed by atoms with Crippen LogP contribution in [0.15, 0.2) is 0 Å². The van der Waals surface area contributed by atoms with E-state index in [1.54, 1.807) is 0 Å². The van der Waals surface area contributed by atoms with E-state index in [-0.39, 0.29) is 6.67 Å². The maximum Gasteiger partial charge on any atom is 0.102 e. The second-order valence-corrected chi connectivity index (χ2v) is 4.59. The number of hydrogen-bond donors (Lipinski definition) is 1. The first-order valence-corrected chi connectivity index (χ1v) is 5.92. The van der Waals surface area contributed by atoms with E-state index in [1.807, 2.05) is 0 Å². The molecule has 2 nitrogen and oxygen atoms in total. The number of alkyl halides is 1. The molecule has 2 saturated heterocycles. The molecule has 0 aromatic heterocycles. The molecule has 2 atom stereocenters. The molecule has 0 radical (unpaired) electrons. The number of rotatable bonds is 3. The van der Waals surface area contributed by atoms with Gasteiger partial charge in [0, 0.05) is 19.1 Å². The van der Waals surface area contributed by atoms with Gasteiger partial charge in [0.1, 0.15) is 6.67 Å². The third kappa shape index (κ3) is 2.45. The normalized spacial score (nSPS) is 34.9. The van der Waals surface area contributed by atoms with Gasteiger partial charge in [-0.25, -0.2) is 4.39 Å². The fourth-order valence-electron chi connectivity index (χ4n) is 2.86. The van der Waals surface area contributed by atoms with Gasteiger partial charge < -0.3 is 10.2 Å². The summed E-state index contributed by atoms with van der Waals surface area (Å²) in [7, 11) is 0. The topological polar surface area (TPSA) is 15.3 Å². The predicted octanol–water partition coefficient (Wildman–Crippen LogP) is 1.42. The van der Waals surface area contributed by atoms with Crippen molar-refractivity contribution in [2.45, 2.75) is 31.7 Å². The van der Waals surface area contributed by atoms with Crippen LogP contribution >= 0.6 is 0 Å². The van der Waals surface area contributed by atoms with Crippen LogP contribution in [-0.4, -0.2) is 43.8 Å². The van der Waals surface area contributed by atoms with E-state index in [9.17, 15) is 4.39 Å². The third-order valence-electron chi connectivity index (χ3n) is 3.61. The highest BCUT2D eigenvalue weighted by Gasteiger charge is 2.28. The minimum Gasteiger partial charge on any atom is -0.314 e. The fourth-order valence-corrected chi connectivity index (χ4v) is 2.86. The Morgan fingerprint density at radius 1 is 1.29 bits per heavy atom. The summed E-state index contributed by atoms with van der Waals surface area (Å²) in [6.45, 7) is 3.85. The van der Waals surface area contributed by atoms with Crippen LogP contribution in [0.3, 0.4) is 0 Å². The van der Waals surface area contributed by atoms with Gasteiger partial charge in [-0.2, -0.15) is 0 Å². The molecular formula is C11H21FN2. The zero-order valence-electron chi connectivity index (χ0n) is 8.84. The van der Waals surface area contributed by atoms with Crippen molar-refractivity contribution in [2.24, 2.45) is 5.92 Å². The molecule has 3 heteroatoms. The van der Waals surface area contributed by atoms with Gasteiger partial charge >= 0.3 is 0 Å². The van der Waals surface area contributed by atoms with Crippen molar-refractivity contribution >= 4 is 0 Å². The van der Waals surface area contributed by atoms with Crippen molar-refractivity contribution in [3.8, 4) is 0 Å². The zero-order chi connectivity index (χ0) is 9.80. The van der Waals surface area contributed by atoms with E-state index in [0.717, 1.165) is 25.0 Å². The molecule has 14 heavy (non-hydrogen) atoms. The number of nitrogens with one attached hydrogen (secondary N) is 1. The molecular weight excluding hydrogens is 179 g/mol. The lowest BCUT2D eigenvalue weighted by molar-refractivity contribution is 0.143. The molecule has 2 aliphatic rings. The molecule has 0 aromatic carbocycles. The summed E-state index contributed by atoms with van der Waals surface area (Å²) in [5.74, 6) is 0.776. The third-order valence-corrected chi connectivity index (χ3v) is 3.61. The van der Waals surface area contributed by atoms with Crippen LogP contribution in [0.1, 0.15) is 25.7 Å². The first-order valence-electron chi connectivity index (χ1n) is 5.92. The molecule has 2 rings (SSSR count). The Morgan fingerprint density at radius 2 is 2.21 bits per heavy atom. The molecule has 0 amide bonds. The van der Waals surface area contributed by atoms with Crippen LogP contribution in [0.2, 0.25) is 0 Å². The average molecular weight is 200 g/mol. The number of piperidine rings is 1. The molecule has 0 aromatic rings. The zero-order valence-corrected chi connectivity index (χ0v) is 8.84. The van der Waals surface area contributed by atoms with Crippen LogP contribution in [0.5, 0.6) is 0 Å². The molecule has 0 saturated carbocycles. The number of nitrogens with zero attached hydrogens (tertiary/aromatic N) is 1. The van der Waals surface area contributed by atoms with Gasteiger partial charge in [-0.05, 0) is 44.7 Å². The molecule has 2 unspecified atom stereocenters. The highest BCUT2D eigenvalue weighted by molar-refractivity contribution is 4.86. The van der Waals surface area contributed by atoms with Crippen molar-refractivity contribution in [3.63, 3.8) is 0 Å². The molecule has 0 bridgehead atoms. The Kier molecular flexibility index (Phi) is 3.76. The largest absolute Gasteiger partial charge is 0.314 e. The Labute approximate surface area is 85.9 Å². The van der Waals surface area contributed by atoms with E-state index in [0.29, 0.717) is 6.54 Å². The van der Waals surface area contributed by atoms with E-state index in [4.69, 9.17) is 0 Å². The van der Waals surface area contributed by atoms with Gasteiger partial charge in [0.2, 0.25) is 0 Å². The Balaban J connectivity index is 1.80. The Bertz CT molecular complexity index is 167. The molecule has 82 valence electrons. The van der Waals surface area contributed by atoms with Crippen LogP contribution in [0.4, 0.5) is 4.39 Å². The molecule has 0 aliphatic carbocycles. The van der Waals surface area contributed by atoms with Crippen LogP contribution in [0, 0.1) is 5.92 Å². The van der Waals surface area contributed by atoms with Gasteiger partial charge in [0.05, 0.1) is 0 Å². The van der Waals surface area contributed by atoms with Crippen molar-refractivity contribution in [1.82, 2.24) is 10.2 Å². The fraction of sp³-hybridized carbons (Fsp3) is 1.00. The van der Waals surface area contributed by atoms with Crippen LogP contribution < -0.4 is 5.32 Å². The van der Waals surface area contributed by atoms with Crippen molar-refractivity contribution in [3.05, 3.63) is 0 Å². The monoisotopic (exact) mass is 200 g/mol. The van der Waals surface area contributed by atoms with E-state index in [2.05, 4.69) is 10.2 Å². The van der Waals surface area contributed by atoms with Crippen molar-refractivity contribution in [2.75, 3.05) is 32.9 Å². The molecule has 1 N–H and O–H groups in total. The lowest BCUT2D eigenvalue weighted by Crippen LogP contribution is -2.44. The smallest absolute Gasteiger partial charge is 0.102 e. The maximum absolute atomic E-state index is 12.2. The first kappa shape index (κ1) is 10.4. The standard InChI is InChI=1S/C11H21FN2/c12-5-8-14-7-2-3-10(9-14)11-4-1-6-13-11/h10-11,13H,1-9H2. The summed E-state index contributed by atoms with van der Waals surface area (Å²) in [5, 5.41) is 3.57. The van der Waals surface area contributed by atoms with E-state index >= 15 is 0 Å². The first-order chi connectivity index (χ1) is 6.90. The highest BCUT2D eigenvalue weighted by atomic mass is 19.1. The summed E-state index contributed by atoms with van der Waals surface area (Å²) in [5.41, 5.74) is 0. The number of likely N-dealkylation sites (tertiary alicyclic amines) is 1. The second-order valence-electron chi connectivity index (χ2n) is 4.59. The van der Waals surface area contributed by atoms with Crippen LogP contribution in [-0.2, 0) is 0 Å². The second kappa shape index (κ2) is 5.08. The Hall–Kier alpha value is -0.150. The van der Waals surface area contributed by atoms with Crippen LogP contribution in [0.25, 0.3) is 0 Å². The summed E-state index contributed by atoms with van der Waals surface area (Å²) in [4.78, 5) is 2.29. The molecule has 2 aliphatic heterocycles. The summed E-state index contributed by atoms with van der Waals surface area (Å²) in [6.07, 6.45) is 5.24. The van der Waals surface area contributed by atoms with E-state index < -0.39 is 0 Å². The summed E-state index contributed by atoms with van der Waals surface area (Å²) < 4.78 is 12.2. The van der Waals surface area contributed by atoms with Gasteiger partial charge in [-0.15, -0.1) is 0 Å². The minimum atomic E-state index is -0.190.